The zero-order valence-corrected chi connectivity index (χ0v) is 48.3. The Hall–Kier alpha value is -7.76. The van der Waals surface area contributed by atoms with Gasteiger partial charge in [-0.15, -0.1) is 0 Å². The minimum Gasteiger partial charge on any atom is -0.481 e. The Balaban J connectivity index is 3.49. The van der Waals surface area contributed by atoms with E-state index < -0.39 is 187 Å². The zero-order chi connectivity index (χ0) is 62.7. The van der Waals surface area contributed by atoms with Crippen molar-refractivity contribution >= 4 is 77.0 Å². The molecular formula is C52H87N13O17. The number of aliphatic carboxylic acids is 3. The molecule has 82 heavy (non-hydrogen) atoms. The molecule has 0 unspecified atom stereocenters. The highest BCUT2D eigenvalue weighted by Crippen LogP contribution is 2.15. The van der Waals surface area contributed by atoms with E-state index in [1.54, 1.807) is 69.2 Å². The topological polar surface area (TPSA) is 492 Å². The van der Waals surface area contributed by atoms with Crippen LogP contribution in [0.5, 0.6) is 0 Å². The van der Waals surface area contributed by atoms with Crippen molar-refractivity contribution in [3.63, 3.8) is 0 Å². The molecule has 18 N–H and O–H groups in total. The van der Waals surface area contributed by atoms with Gasteiger partial charge in [-0.1, -0.05) is 82.1 Å². The highest BCUT2D eigenvalue weighted by molar-refractivity contribution is 5.99. The van der Waals surface area contributed by atoms with Gasteiger partial charge in [0, 0.05) is 31.2 Å². The van der Waals surface area contributed by atoms with Gasteiger partial charge in [-0.2, -0.15) is 0 Å². The Morgan fingerprint density at radius 2 is 0.902 bits per heavy atom. The van der Waals surface area contributed by atoms with E-state index in [-0.39, 0.29) is 37.5 Å². The number of imidazole rings is 1. The Kier molecular flexibility index (Phi) is 31.6. The summed E-state index contributed by atoms with van der Waals surface area (Å²) >= 11 is 0. The van der Waals surface area contributed by atoms with E-state index in [0.717, 1.165) is 0 Å². The van der Waals surface area contributed by atoms with Crippen molar-refractivity contribution in [3.8, 4) is 0 Å². The number of carboxylic acids is 3. The highest BCUT2D eigenvalue weighted by atomic mass is 16.4. The number of rotatable bonds is 39. The molecule has 0 aliphatic heterocycles. The van der Waals surface area contributed by atoms with Gasteiger partial charge in [0.25, 0.3) is 0 Å². The van der Waals surface area contributed by atoms with Crippen LogP contribution in [-0.2, 0) is 68.7 Å². The number of aromatic nitrogens is 2. The predicted octanol–water partition coefficient (Wildman–Crippen LogP) is -2.84. The second-order valence-electron chi connectivity index (χ2n) is 21.5. The van der Waals surface area contributed by atoms with Gasteiger partial charge in [0.05, 0.1) is 25.4 Å². The number of hydrogen-bond acceptors (Lipinski definition) is 16. The van der Waals surface area contributed by atoms with Crippen LogP contribution in [0.15, 0.2) is 12.5 Å². The molecule has 12 atom stereocenters. The smallest absolute Gasteiger partial charge is 0.326 e. The summed E-state index contributed by atoms with van der Waals surface area (Å²) in [5.74, 6) is -16.0. The fourth-order valence-electron chi connectivity index (χ4n) is 8.08. The van der Waals surface area contributed by atoms with Crippen LogP contribution in [0.2, 0.25) is 0 Å². The van der Waals surface area contributed by atoms with Gasteiger partial charge in [-0.05, 0) is 55.3 Å². The van der Waals surface area contributed by atoms with Crippen molar-refractivity contribution in [2.24, 2.45) is 41.1 Å². The minimum atomic E-state index is -1.72. The maximum atomic E-state index is 14.3. The lowest BCUT2D eigenvalue weighted by Crippen LogP contribution is -2.62. The summed E-state index contributed by atoms with van der Waals surface area (Å²) in [6.07, 6.45) is 0.382. The minimum absolute atomic E-state index is 0.00331. The maximum absolute atomic E-state index is 14.3. The first kappa shape index (κ1) is 72.3. The number of aliphatic hydroxyl groups excluding tert-OH is 1. The van der Waals surface area contributed by atoms with Gasteiger partial charge in [-0.25, -0.2) is 9.78 Å². The van der Waals surface area contributed by atoms with Crippen LogP contribution in [-0.4, -0.2) is 174 Å². The van der Waals surface area contributed by atoms with E-state index in [1.165, 1.54) is 12.5 Å². The third kappa shape index (κ3) is 25.8. The molecule has 0 bridgehead atoms. The van der Waals surface area contributed by atoms with E-state index in [4.69, 9.17) is 16.6 Å². The van der Waals surface area contributed by atoms with Crippen molar-refractivity contribution in [1.82, 2.24) is 57.8 Å². The average Bonchev–Trinajstić information content (AvgIpc) is 3.92. The second-order valence-corrected chi connectivity index (χ2v) is 21.5. The molecule has 0 saturated heterocycles. The van der Waals surface area contributed by atoms with Gasteiger partial charge in [0.15, 0.2) is 0 Å². The molecule has 1 rings (SSSR count). The maximum Gasteiger partial charge on any atom is 0.326 e. The first-order valence-electron chi connectivity index (χ1n) is 27.3. The Morgan fingerprint density at radius 1 is 0.512 bits per heavy atom. The molecule has 1 aromatic heterocycles. The highest BCUT2D eigenvalue weighted by Gasteiger charge is 2.38. The van der Waals surface area contributed by atoms with Crippen LogP contribution in [0.4, 0.5) is 0 Å². The van der Waals surface area contributed by atoms with Crippen LogP contribution < -0.4 is 59.3 Å². The first-order chi connectivity index (χ1) is 38.3. The fraction of sp³-hybridized carbons (Fsp3) is 0.692. The molecule has 462 valence electrons. The van der Waals surface area contributed by atoms with Gasteiger partial charge in [0.1, 0.15) is 54.4 Å². The number of carbonyl (C=O) groups excluding carboxylic acids is 10. The van der Waals surface area contributed by atoms with Crippen LogP contribution in [0.3, 0.4) is 0 Å². The molecule has 0 aliphatic carbocycles. The summed E-state index contributed by atoms with van der Waals surface area (Å²) in [5, 5.41) is 60.9. The van der Waals surface area contributed by atoms with E-state index >= 15 is 0 Å². The molecule has 10 amide bonds. The van der Waals surface area contributed by atoms with Crippen LogP contribution in [0.25, 0.3) is 0 Å². The molecule has 0 saturated carbocycles. The number of aliphatic hydroxyl groups is 1. The largest absolute Gasteiger partial charge is 0.481 e. The Bertz CT molecular complexity index is 2350. The van der Waals surface area contributed by atoms with Gasteiger partial charge >= 0.3 is 17.9 Å². The fourth-order valence-corrected chi connectivity index (χ4v) is 8.08. The van der Waals surface area contributed by atoms with Crippen molar-refractivity contribution in [2.45, 2.75) is 194 Å². The van der Waals surface area contributed by atoms with Crippen LogP contribution >= 0.6 is 0 Å². The normalized spacial score (nSPS) is 15.7. The van der Waals surface area contributed by atoms with Crippen molar-refractivity contribution < 1.29 is 82.8 Å². The van der Waals surface area contributed by atoms with E-state index in [2.05, 4.69) is 57.8 Å². The lowest BCUT2D eigenvalue weighted by atomic mass is 9.96. The van der Waals surface area contributed by atoms with Gasteiger partial charge in [0.2, 0.25) is 59.1 Å². The Morgan fingerprint density at radius 3 is 1.32 bits per heavy atom. The number of carbonyl (C=O) groups is 13. The van der Waals surface area contributed by atoms with E-state index in [0.29, 0.717) is 18.5 Å². The summed E-state index contributed by atoms with van der Waals surface area (Å²) in [4.78, 5) is 177. The van der Waals surface area contributed by atoms with E-state index in [1.807, 2.05) is 0 Å². The summed E-state index contributed by atoms with van der Waals surface area (Å²) in [5.41, 5.74) is 11.4. The lowest BCUT2D eigenvalue weighted by Gasteiger charge is -2.30. The number of hydrogen-bond donors (Lipinski definition) is 16. The molecule has 0 fully saturated rings. The molecule has 30 nitrogen and oxygen atoms in total. The van der Waals surface area contributed by atoms with Crippen LogP contribution in [0, 0.1) is 29.6 Å². The summed E-state index contributed by atoms with van der Waals surface area (Å²) < 4.78 is 0. The number of H-pyrrole nitrogens is 1. The first-order valence-corrected chi connectivity index (χ1v) is 27.3. The zero-order valence-electron chi connectivity index (χ0n) is 48.3. The third-order valence-corrected chi connectivity index (χ3v) is 13.2. The predicted molar refractivity (Wildman–Crippen MR) is 293 cm³/mol. The summed E-state index contributed by atoms with van der Waals surface area (Å²) in [7, 11) is 0. The number of aromatic amines is 1. The summed E-state index contributed by atoms with van der Waals surface area (Å²) in [6, 6.07) is -14.8. The molecule has 0 spiro atoms. The third-order valence-electron chi connectivity index (χ3n) is 13.2. The SMILES string of the molecule is CC[C@H](C)[C@H](NC(=O)[C@H](CO)NC(=O)[C@H](CC(C)C)NC(=O)[C@@H](NC(=O)[C@H](Cc1cnc[nH]1)NC(=O)[C@H](CCC(=O)O)NC(=O)[C@@H](NC(=O)[C@@H](N)CCC(=O)O)[C@@H](C)CC)C(C)C)C(=O)N[C@@H](CC(C)C)C(=O)N[C@@H](CC(N)=O)C(=O)O. The number of amides is 10. The molecule has 0 aromatic carbocycles. The second kappa shape index (κ2) is 35.9. The molecule has 30 heteroatoms. The van der Waals surface area contributed by atoms with E-state index in [9.17, 15) is 77.6 Å². The van der Waals surface area contributed by atoms with Crippen LogP contribution in [0.1, 0.15) is 133 Å². The monoisotopic (exact) mass is 1170 g/mol. The number of nitrogens with two attached hydrogens (primary N) is 2. The number of carboxylic acid groups (broad SMARTS) is 3. The summed E-state index contributed by atoms with van der Waals surface area (Å²) in [6.45, 7) is 15.7. The standard InChI is InChI=1S/C52H87N13O17/c1-11-27(9)41(64-43(72)30(53)13-15-38(68)69)50(79)57-31(14-16-39(70)71)44(73)58-34(19-29-21-55-23-56-29)47(76)63-40(26(7)8)49(78)59-33(18-25(5)6)46(75)62-36(22-66)48(77)65-42(28(10)12-2)51(80)60-32(17-24(3)4)45(74)61-35(52(81)82)20-37(54)67/h21,23-28,30-36,40-42,66H,11-20,22,53H2,1-10H3,(H2,54,67)(H,55,56)(H,57,79)(H,58,73)(H,59,78)(H,60,80)(H,61,74)(H,62,75)(H,63,76)(H,64,72)(H,65,77)(H,68,69)(H,70,71)(H,81,82)/t27-,28-,30-,31-,32-,33-,34-,35-,36-,40-,41-,42-/m0/s1. The lowest BCUT2D eigenvalue weighted by molar-refractivity contribution is -0.144. The van der Waals surface area contributed by atoms with Crippen molar-refractivity contribution in [2.75, 3.05) is 6.61 Å². The molecule has 1 heterocycles. The van der Waals surface area contributed by atoms with Crippen molar-refractivity contribution in [1.29, 1.82) is 0 Å². The van der Waals surface area contributed by atoms with Crippen molar-refractivity contribution in [3.05, 3.63) is 18.2 Å². The Labute approximate surface area is 476 Å². The molecule has 0 aliphatic rings. The van der Waals surface area contributed by atoms with Gasteiger partial charge in [-0.3, -0.25) is 57.5 Å². The molecular weight excluding hydrogens is 1080 g/mol. The molecule has 0 radical (unpaired) electrons. The number of nitrogens with one attached hydrogen (secondary N) is 10. The number of primary amides is 1. The quantitative estimate of drug-likeness (QED) is 0.0316. The number of nitrogens with zero attached hydrogens (tertiary/aromatic N) is 1. The average molecular weight is 1170 g/mol. The van der Waals surface area contributed by atoms with Gasteiger partial charge < -0.3 is 84.7 Å². The molecule has 1 aromatic rings.